The minimum absolute atomic E-state index is 0.137. The van der Waals surface area contributed by atoms with Gasteiger partial charge in [0.05, 0.1) is 16.9 Å². The molecule has 0 unspecified atom stereocenters. The van der Waals surface area contributed by atoms with E-state index in [0.717, 1.165) is 5.46 Å². The van der Waals surface area contributed by atoms with E-state index in [4.69, 9.17) is 15.0 Å². The Labute approximate surface area is 114 Å². The van der Waals surface area contributed by atoms with Gasteiger partial charge in [-0.05, 0) is 40.3 Å². The predicted octanol–water partition coefficient (Wildman–Crippen LogP) is 0.588. The summed E-state index contributed by atoms with van der Waals surface area (Å²) in [4.78, 5) is 4.22. The van der Waals surface area contributed by atoms with Gasteiger partial charge in [0.1, 0.15) is 5.75 Å². The van der Waals surface area contributed by atoms with Gasteiger partial charge in [-0.15, -0.1) is 0 Å². The van der Waals surface area contributed by atoms with E-state index in [1.807, 2.05) is 27.7 Å². The van der Waals surface area contributed by atoms with Crippen LogP contribution in [0.3, 0.4) is 0 Å². The topological polar surface area (TPSA) is 77.6 Å². The van der Waals surface area contributed by atoms with Crippen molar-refractivity contribution in [1.29, 1.82) is 0 Å². The standard InChI is InChI=1S/C13H21BN2O3/c1-12(2)13(3,4)19-14(18-12)9-7-11(17)10(5-6-15)16-8-9/h7-8,17H,5-6,15H2,1-4H3. The first-order valence-electron chi connectivity index (χ1n) is 6.50. The molecular weight excluding hydrogens is 243 g/mol. The smallest absolute Gasteiger partial charge is 0.496 e. The zero-order valence-electron chi connectivity index (χ0n) is 11.9. The summed E-state index contributed by atoms with van der Waals surface area (Å²) in [6, 6.07) is 1.64. The molecule has 1 aromatic heterocycles. The van der Waals surface area contributed by atoms with E-state index in [1.165, 1.54) is 0 Å². The Bertz CT molecular complexity index is 461. The van der Waals surface area contributed by atoms with Crippen LogP contribution in [0.2, 0.25) is 0 Å². The molecule has 5 nitrogen and oxygen atoms in total. The Morgan fingerprint density at radius 3 is 2.32 bits per heavy atom. The summed E-state index contributed by atoms with van der Waals surface area (Å²) in [5.41, 5.74) is 5.98. The molecule has 1 aliphatic heterocycles. The van der Waals surface area contributed by atoms with Gasteiger partial charge in [0.2, 0.25) is 0 Å². The fourth-order valence-corrected chi connectivity index (χ4v) is 1.93. The quantitative estimate of drug-likeness (QED) is 0.781. The van der Waals surface area contributed by atoms with Gasteiger partial charge in [0, 0.05) is 18.1 Å². The van der Waals surface area contributed by atoms with Crippen molar-refractivity contribution >= 4 is 12.6 Å². The molecule has 0 amide bonds. The molecule has 0 radical (unpaired) electrons. The first kappa shape index (κ1) is 14.3. The molecule has 6 heteroatoms. The molecule has 19 heavy (non-hydrogen) atoms. The van der Waals surface area contributed by atoms with Crippen LogP contribution >= 0.6 is 0 Å². The highest BCUT2D eigenvalue weighted by molar-refractivity contribution is 6.62. The molecule has 1 aliphatic rings. The Kier molecular flexibility index (Phi) is 3.60. The van der Waals surface area contributed by atoms with Gasteiger partial charge in [0.15, 0.2) is 0 Å². The first-order chi connectivity index (χ1) is 8.77. The highest BCUT2D eigenvalue weighted by Gasteiger charge is 2.51. The van der Waals surface area contributed by atoms with Crippen molar-refractivity contribution in [1.82, 2.24) is 4.98 Å². The van der Waals surface area contributed by atoms with Crippen molar-refractivity contribution in [2.45, 2.75) is 45.3 Å². The number of hydrogen-bond donors (Lipinski definition) is 2. The second kappa shape index (κ2) is 4.78. The molecule has 1 saturated heterocycles. The van der Waals surface area contributed by atoms with Crippen molar-refractivity contribution < 1.29 is 14.4 Å². The Morgan fingerprint density at radius 1 is 1.26 bits per heavy atom. The van der Waals surface area contributed by atoms with Crippen LogP contribution < -0.4 is 11.2 Å². The van der Waals surface area contributed by atoms with Gasteiger partial charge in [-0.25, -0.2) is 0 Å². The van der Waals surface area contributed by atoms with E-state index in [1.54, 1.807) is 12.3 Å². The van der Waals surface area contributed by atoms with Gasteiger partial charge >= 0.3 is 7.12 Å². The molecule has 2 heterocycles. The highest BCUT2D eigenvalue weighted by atomic mass is 16.7. The largest absolute Gasteiger partial charge is 0.506 e. The van der Waals surface area contributed by atoms with Crippen molar-refractivity contribution in [2.75, 3.05) is 6.54 Å². The van der Waals surface area contributed by atoms with E-state index in [0.29, 0.717) is 18.7 Å². The Balaban J connectivity index is 2.23. The predicted molar refractivity (Wildman–Crippen MR) is 74.4 cm³/mol. The monoisotopic (exact) mass is 264 g/mol. The number of aromatic nitrogens is 1. The SMILES string of the molecule is CC1(C)OB(c2cnc(CCN)c(O)c2)OC1(C)C. The number of pyridine rings is 1. The molecule has 1 aromatic rings. The maximum absolute atomic E-state index is 9.91. The van der Waals surface area contributed by atoms with Crippen molar-refractivity contribution in [3.8, 4) is 5.75 Å². The lowest BCUT2D eigenvalue weighted by atomic mass is 9.80. The maximum Gasteiger partial charge on any atom is 0.496 e. The van der Waals surface area contributed by atoms with Gasteiger partial charge in [-0.3, -0.25) is 4.98 Å². The molecule has 1 fully saturated rings. The number of aromatic hydroxyl groups is 1. The lowest BCUT2D eigenvalue weighted by Crippen LogP contribution is -2.41. The minimum atomic E-state index is -0.504. The van der Waals surface area contributed by atoms with Crippen LogP contribution in [-0.4, -0.2) is 35.0 Å². The summed E-state index contributed by atoms with van der Waals surface area (Å²) in [5.74, 6) is 0.137. The average molecular weight is 264 g/mol. The van der Waals surface area contributed by atoms with Crippen molar-refractivity contribution in [2.24, 2.45) is 5.73 Å². The van der Waals surface area contributed by atoms with Crippen LogP contribution in [0.15, 0.2) is 12.3 Å². The molecule has 0 atom stereocenters. The van der Waals surface area contributed by atoms with Gasteiger partial charge < -0.3 is 20.1 Å². The normalized spacial score (nSPS) is 20.8. The summed E-state index contributed by atoms with van der Waals surface area (Å²) in [5, 5.41) is 9.91. The average Bonchev–Trinajstić information content (AvgIpc) is 2.51. The zero-order valence-corrected chi connectivity index (χ0v) is 11.9. The number of hydrogen-bond acceptors (Lipinski definition) is 5. The van der Waals surface area contributed by atoms with Gasteiger partial charge in [0.25, 0.3) is 0 Å². The fourth-order valence-electron chi connectivity index (χ4n) is 1.93. The second-order valence-electron chi connectivity index (χ2n) is 5.86. The van der Waals surface area contributed by atoms with E-state index < -0.39 is 18.3 Å². The summed E-state index contributed by atoms with van der Waals surface area (Å²) < 4.78 is 11.8. The maximum atomic E-state index is 9.91. The lowest BCUT2D eigenvalue weighted by molar-refractivity contribution is 0.00578. The highest BCUT2D eigenvalue weighted by Crippen LogP contribution is 2.36. The van der Waals surface area contributed by atoms with Crippen LogP contribution in [0.5, 0.6) is 5.75 Å². The van der Waals surface area contributed by atoms with E-state index >= 15 is 0 Å². The molecule has 3 N–H and O–H groups in total. The lowest BCUT2D eigenvalue weighted by Gasteiger charge is -2.32. The Hall–Kier alpha value is -1.11. The third kappa shape index (κ3) is 2.61. The molecule has 104 valence electrons. The first-order valence-corrected chi connectivity index (χ1v) is 6.50. The molecule has 0 saturated carbocycles. The van der Waals surface area contributed by atoms with Crippen LogP contribution in [0.25, 0.3) is 0 Å². The Morgan fingerprint density at radius 2 is 1.84 bits per heavy atom. The third-order valence-corrected chi connectivity index (χ3v) is 3.88. The molecule has 0 aromatic carbocycles. The number of nitrogens with two attached hydrogens (primary N) is 1. The molecule has 2 rings (SSSR count). The molecule has 0 spiro atoms. The summed E-state index contributed by atoms with van der Waals surface area (Å²) in [6.07, 6.45) is 2.22. The van der Waals surface area contributed by atoms with Crippen molar-refractivity contribution in [3.63, 3.8) is 0 Å². The molecular formula is C13H21BN2O3. The number of nitrogens with zero attached hydrogens (tertiary/aromatic N) is 1. The van der Waals surface area contributed by atoms with Crippen LogP contribution in [0.1, 0.15) is 33.4 Å². The van der Waals surface area contributed by atoms with E-state index in [9.17, 15) is 5.11 Å². The molecule has 0 aliphatic carbocycles. The summed E-state index contributed by atoms with van der Waals surface area (Å²) in [7, 11) is -0.504. The summed E-state index contributed by atoms with van der Waals surface area (Å²) in [6.45, 7) is 8.41. The van der Waals surface area contributed by atoms with Crippen LogP contribution in [0.4, 0.5) is 0 Å². The third-order valence-electron chi connectivity index (χ3n) is 3.88. The van der Waals surface area contributed by atoms with Crippen LogP contribution in [0, 0.1) is 0 Å². The van der Waals surface area contributed by atoms with Gasteiger partial charge in [-0.1, -0.05) is 0 Å². The van der Waals surface area contributed by atoms with Crippen LogP contribution in [-0.2, 0) is 15.7 Å². The minimum Gasteiger partial charge on any atom is -0.506 e. The fraction of sp³-hybridized carbons (Fsp3) is 0.615. The van der Waals surface area contributed by atoms with Crippen molar-refractivity contribution in [3.05, 3.63) is 18.0 Å². The van der Waals surface area contributed by atoms with E-state index in [2.05, 4.69) is 4.98 Å². The second-order valence-corrected chi connectivity index (χ2v) is 5.86. The number of rotatable bonds is 3. The summed E-state index contributed by atoms with van der Waals surface area (Å²) >= 11 is 0. The van der Waals surface area contributed by atoms with Gasteiger partial charge in [-0.2, -0.15) is 0 Å². The molecule has 0 bridgehead atoms. The van der Waals surface area contributed by atoms with E-state index in [-0.39, 0.29) is 5.75 Å². The zero-order chi connectivity index (χ0) is 14.3.